The quantitative estimate of drug-likeness (QED) is 0.801. The summed E-state index contributed by atoms with van der Waals surface area (Å²) in [6.45, 7) is -0.138. The summed E-state index contributed by atoms with van der Waals surface area (Å²) in [5.74, 6) is -0.290. The first-order chi connectivity index (χ1) is 11.0. The molecule has 0 aromatic heterocycles. The zero-order valence-electron chi connectivity index (χ0n) is 12.4. The Kier molecular flexibility index (Phi) is 3.96. The molecule has 1 heterocycles. The molecule has 6 nitrogen and oxygen atoms in total. The van der Waals surface area contributed by atoms with Crippen LogP contribution in [0.4, 0.5) is 5.69 Å². The molecule has 2 aromatic rings. The van der Waals surface area contributed by atoms with Crippen molar-refractivity contribution in [3.05, 3.63) is 54.6 Å². The molecular formula is C16H15NO5S. The van der Waals surface area contributed by atoms with Gasteiger partial charge in [-0.1, -0.05) is 30.3 Å². The smallest absolute Gasteiger partial charge is 0.348 e. The van der Waals surface area contributed by atoms with Crippen molar-refractivity contribution in [2.24, 2.45) is 0 Å². The van der Waals surface area contributed by atoms with Gasteiger partial charge in [-0.2, -0.15) is 0 Å². The lowest BCUT2D eigenvalue weighted by Gasteiger charge is -2.34. The number of sulfonamides is 1. The van der Waals surface area contributed by atoms with Crippen LogP contribution in [0.1, 0.15) is 0 Å². The Labute approximate surface area is 134 Å². The zero-order chi connectivity index (χ0) is 16.4. The van der Waals surface area contributed by atoms with Gasteiger partial charge < -0.3 is 9.47 Å². The predicted molar refractivity (Wildman–Crippen MR) is 83.8 cm³/mol. The van der Waals surface area contributed by atoms with Crippen molar-refractivity contribution in [3.8, 4) is 5.75 Å². The summed E-state index contributed by atoms with van der Waals surface area (Å²) in [7, 11) is -2.57. The maximum atomic E-state index is 12.9. The second-order valence-corrected chi connectivity index (χ2v) is 6.81. The maximum Gasteiger partial charge on any atom is 0.348 e. The van der Waals surface area contributed by atoms with E-state index in [9.17, 15) is 13.2 Å². The molecule has 0 saturated carbocycles. The number of carbonyl (C=O) groups excluding carboxylic acids is 1. The van der Waals surface area contributed by atoms with Crippen LogP contribution in [0.15, 0.2) is 59.5 Å². The molecule has 0 fully saturated rings. The van der Waals surface area contributed by atoms with Gasteiger partial charge in [-0.25, -0.2) is 13.2 Å². The van der Waals surface area contributed by atoms with E-state index in [0.29, 0.717) is 11.4 Å². The Morgan fingerprint density at radius 2 is 1.78 bits per heavy atom. The first kappa shape index (κ1) is 15.4. The van der Waals surface area contributed by atoms with Crippen LogP contribution in [0.25, 0.3) is 0 Å². The molecule has 2 aromatic carbocycles. The average Bonchev–Trinajstić information content (AvgIpc) is 2.60. The van der Waals surface area contributed by atoms with Gasteiger partial charge in [-0.15, -0.1) is 0 Å². The highest BCUT2D eigenvalue weighted by molar-refractivity contribution is 7.92. The van der Waals surface area contributed by atoms with Crippen LogP contribution in [0, 0.1) is 0 Å². The van der Waals surface area contributed by atoms with Crippen molar-refractivity contribution in [3.63, 3.8) is 0 Å². The van der Waals surface area contributed by atoms with Gasteiger partial charge in [0.2, 0.25) is 6.10 Å². The number of ether oxygens (including phenoxy) is 2. The number of benzene rings is 2. The molecule has 0 aliphatic carbocycles. The molecule has 1 aliphatic heterocycles. The minimum absolute atomic E-state index is 0.138. The third-order valence-corrected chi connectivity index (χ3v) is 5.32. The fourth-order valence-electron chi connectivity index (χ4n) is 2.40. The third-order valence-electron chi connectivity index (χ3n) is 3.53. The number of fused-ring (bicyclic) bond motifs is 1. The fraction of sp³-hybridized carbons (Fsp3) is 0.188. The summed E-state index contributed by atoms with van der Waals surface area (Å²) >= 11 is 0. The Balaban J connectivity index is 2.08. The van der Waals surface area contributed by atoms with Crippen LogP contribution < -0.4 is 9.04 Å². The molecule has 23 heavy (non-hydrogen) atoms. The van der Waals surface area contributed by atoms with Crippen molar-refractivity contribution < 1.29 is 22.7 Å². The highest BCUT2D eigenvalue weighted by atomic mass is 32.2. The normalized spacial score (nSPS) is 17.1. The lowest BCUT2D eigenvalue weighted by molar-refractivity contribution is -0.148. The lowest BCUT2D eigenvalue weighted by atomic mass is 10.2. The summed E-state index contributed by atoms with van der Waals surface area (Å²) in [5.41, 5.74) is 0.400. The van der Waals surface area contributed by atoms with Crippen LogP contribution in [0.3, 0.4) is 0 Å². The summed E-state index contributed by atoms with van der Waals surface area (Å²) in [5, 5.41) is 0. The molecule has 7 heteroatoms. The Bertz CT molecular complexity index is 819. The number of hydrogen-bond donors (Lipinski definition) is 0. The van der Waals surface area contributed by atoms with Gasteiger partial charge in [0.15, 0.2) is 0 Å². The average molecular weight is 333 g/mol. The first-order valence-electron chi connectivity index (χ1n) is 6.95. The third kappa shape index (κ3) is 2.75. The van der Waals surface area contributed by atoms with Gasteiger partial charge >= 0.3 is 5.97 Å². The van der Waals surface area contributed by atoms with Gasteiger partial charge in [0.05, 0.1) is 24.2 Å². The number of nitrogens with zero attached hydrogens (tertiary/aromatic N) is 1. The maximum absolute atomic E-state index is 12.9. The van der Waals surface area contributed by atoms with Gasteiger partial charge in [-0.05, 0) is 24.3 Å². The molecule has 0 unspecified atom stereocenters. The SMILES string of the molecule is COC(=O)[C@@H]1CN(S(=O)(=O)c2ccccc2)c2ccccc2O1. The van der Waals surface area contributed by atoms with E-state index in [4.69, 9.17) is 4.74 Å². The number of carbonyl (C=O) groups is 1. The molecule has 0 saturated heterocycles. The highest BCUT2D eigenvalue weighted by Gasteiger charge is 2.37. The molecule has 0 N–H and O–H groups in total. The number of methoxy groups -OCH3 is 1. The van der Waals surface area contributed by atoms with Crippen molar-refractivity contribution in [2.45, 2.75) is 11.0 Å². The first-order valence-corrected chi connectivity index (χ1v) is 8.39. The molecule has 0 bridgehead atoms. The Hall–Kier alpha value is -2.54. The predicted octanol–water partition coefficient (Wildman–Crippen LogP) is 1.82. The molecule has 0 spiro atoms. The van der Waals surface area contributed by atoms with E-state index in [1.807, 2.05) is 0 Å². The summed E-state index contributed by atoms with van der Waals surface area (Å²) in [6, 6.07) is 14.8. The minimum atomic E-state index is -3.80. The van der Waals surface area contributed by atoms with E-state index >= 15 is 0 Å². The summed E-state index contributed by atoms with van der Waals surface area (Å²) < 4.78 is 37.3. The van der Waals surface area contributed by atoms with Gasteiger partial charge in [0.1, 0.15) is 5.75 Å². The van der Waals surface area contributed by atoms with Crippen LogP contribution in [0.2, 0.25) is 0 Å². The summed E-state index contributed by atoms with van der Waals surface area (Å²) in [6.07, 6.45) is -1.01. The fourth-order valence-corrected chi connectivity index (χ4v) is 3.90. The van der Waals surface area contributed by atoms with Gasteiger partial charge in [0, 0.05) is 0 Å². The van der Waals surface area contributed by atoms with Gasteiger partial charge in [0.25, 0.3) is 10.0 Å². The van der Waals surface area contributed by atoms with Crippen molar-refractivity contribution in [2.75, 3.05) is 18.0 Å². The molecule has 0 radical (unpaired) electrons. The van der Waals surface area contributed by atoms with E-state index in [0.717, 1.165) is 0 Å². The molecule has 1 atom stereocenters. The number of esters is 1. The number of hydrogen-bond acceptors (Lipinski definition) is 5. The van der Waals surface area contributed by atoms with Crippen LogP contribution in [-0.4, -0.2) is 34.1 Å². The molecule has 1 aliphatic rings. The highest BCUT2D eigenvalue weighted by Crippen LogP contribution is 2.36. The molecule has 3 rings (SSSR count). The van der Waals surface area contributed by atoms with Crippen molar-refractivity contribution in [1.29, 1.82) is 0 Å². The Morgan fingerprint density at radius 1 is 1.13 bits per heavy atom. The van der Waals surface area contributed by atoms with Crippen molar-refractivity contribution in [1.82, 2.24) is 0 Å². The van der Waals surface area contributed by atoms with Gasteiger partial charge in [-0.3, -0.25) is 4.31 Å². The van der Waals surface area contributed by atoms with E-state index in [2.05, 4.69) is 4.74 Å². The molecule has 120 valence electrons. The molecule has 0 amide bonds. The van der Waals surface area contributed by atoms with Crippen LogP contribution in [0.5, 0.6) is 5.75 Å². The summed E-state index contributed by atoms with van der Waals surface area (Å²) in [4.78, 5) is 12.0. The standard InChI is InChI=1S/C16H15NO5S/c1-21-16(18)15-11-17(13-9-5-6-10-14(13)22-15)23(19,20)12-7-3-2-4-8-12/h2-10,15H,11H2,1H3/t15-/m0/s1. The Morgan fingerprint density at radius 3 is 2.48 bits per heavy atom. The second-order valence-electron chi connectivity index (χ2n) is 4.95. The monoisotopic (exact) mass is 333 g/mol. The van der Waals surface area contributed by atoms with E-state index < -0.39 is 22.1 Å². The van der Waals surface area contributed by atoms with Crippen LogP contribution in [-0.2, 0) is 19.6 Å². The number of anilines is 1. The lowest BCUT2D eigenvalue weighted by Crippen LogP contribution is -2.47. The minimum Gasteiger partial charge on any atom is -0.475 e. The largest absolute Gasteiger partial charge is 0.475 e. The van der Waals surface area contributed by atoms with Crippen molar-refractivity contribution >= 4 is 21.7 Å². The number of rotatable bonds is 3. The van der Waals surface area contributed by atoms with E-state index in [1.54, 1.807) is 42.5 Å². The van der Waals surface area contributed by atoms with Crippen LogP contribution >= 0.6 is 0 Å². The number of para-hydroxylation sites is 2. The van der Waals surface area contributed by atoms with E-state index in [1.165, 1.54) is 23.5 Å². The van der Waals surface area contributed by atoms with E-state index in [-0.39, 0.29) is 11.4 Å². The second kappa shape index (κ2) is 5.92. The topological polar surface area (TPSA) is 72.9 Å². The molecular weight excluding hydrogens is 318 g/mol. The zero-order valence-corrected chi connectivity index (χ0v) is 13.2.